The molecule has 0 spiro atoms. The summed E-state index contributed by atoms with van der Waals surface area (Å²) in [5, 5.41) is 4.29. The molecule has 0 radical (unpaired) electrons. The molecule has 4 nitrogen and oxygen atoms in total. The van der Waals surface area contributed by atoms with Gasteiger partial charge in [0.1, 0.15) is 11.0 Å². The van der Waals surface area contributed by atoms with E-state index in [2.05, 4.69) is 20.3 Å². The quantitative estimate of drug-likeness (QED) is 0.524. The monoisotopic (exact) mass is 266 g/mol. The van der Waals surface area contributed by atoms with Crippen LogP contribution in [0.4, 0.5) is 5.82 Å². The molecule has 2 aromatic heterocycles. The molecule has 0 saturated carbocycles. The Labute approximate surface area is 109 Å². The minimum atomic E-state index is 0.443. The number of nitrogens with zero attached hydrogens (tertiary/aromatic N) is 3. The molecule has 0 unspecified atom stereocenters. The Morgan fingerprint density at radius 3 is 3.00 bits per heavy atom. The van der Waals surface area contributed by atoms with Crippen LogP contribution in [0.15, 0.2) is 35.7 Å². The number of hydrogen-bond donors (Lipinski definition) is 1. The van der Waals surface area contributed by atoms with E-state index in [0.29, 0.717) is 16.9 Å². The van der Waals surface area contributed by atoms with Crippen molar-refractivity contribution in [3.05, 3.63) is 41.3 Å². The topological polar surface area (TPSA) is 50.7 Å². The second kappa shape index (κ2) is 5.84. The maximum absolute atomic E-state index is 5.89. The van der Waals surface area contributed by atoms with E-state index in [-0.39, 0.29) is 0 Å². The molecule has 17 heavy (non-hydrogen) atoms. The highest BCUT2D eigenvalue weighted by atomic mass is 35.5. The largest absolute Gasteiger partial charge is 0.366 e. The van der Waals surface area contributed by atoms with E-state index < -0.39 is 0 Å². The first kappa shape index (κ1) is 12.1. The first-order valence-corrected chi connectivity index (χ1v) is 6.59. The van der Waals surface area contributed by atoms with E-state index in [9.17, 15) is 0 Å². The summed E-state index contributed by atoms with van der Waals surface area (Å²) in [5.41, 5.74) is 1.09. The number of aromatic nitrogens is 3. The van der Waals surface area contributed by atoms with Crippen LogP contribution in [0, 0.1) is 0 Å². The van der Waals surface area contributed by atoms with Gasteiger partial charge in [0.05, 0.1) is 0 Å². The molecule has 2 rings (SSSR count). The lowest BCUT2D eigenvalue weighted by Crippen LogP contribution is -2.02. The van der Waals surface area contributed by atoms with Crippen LogP contribution in [0.1, 0.15) is 5.56 Å². The maximum atomic E-state index is 5.89. The summed E-state index contributed by atoms with van der Waals surface area (Å²) in [5.74, 6) is 0.721. The number of thioether (sulfide) groups is 1. The van der Waals surface area contributed by atoms with Gasteiger partial charge in [-0.3, -0.25) is 4.98 Å². The number of nitrogens with one attached hydrogen (secondary N) is 1. The molecule has 88 valence electrons. The van der Waals surface area contributed by atoms with E-state index in [0.717, 1.165) is 11.4 Å². The fourth-order valence-corrected chi connectivity index (χ4v) is 1.89. The van der Waals surface area contributed by atoms with Gasteiger partial charge >= 0.3 is 0 Å². The second-order valence-corrected chi connectivity index (χ2v) is 4.44. The molecule has 0 atom stereocenters. The predicted octanol–water partition coefficient (Wildman–Crippen LogP) is 2.86. The second-order valence-electron chi connectivity index (χ2n) is 3.28. The number of halogens is 1. The zero-order valence-electron chi connectivity index (χ0n) is 9.22. The molecule has 2 heterocycles. The van der Waals surface area contributed by atoms with Crippen LogP contribution in [0.5, 0.6) is 0 Å². The summed E-state index contributed by atoms with van der Waals surface area (Å²) in [6.07, 6.45) is 5.47. The third-order valence-corrected chi connectivity index (χ3v) is 2.79. The molecule has 0 aliphatic heterocycles. The van der Waals surface area contributed by atoms with Crippen molar-refractivity contribution in [3.63, 3.8) is 0 Å². The van der Waals surface area contributed by atoms with Gasteiger partial charge in [-0.15, -0.1) is 0 Å². The Morgan fingerprint density at radius 2 is 2.29 bits per heavy atom. The van der Waals surface area contributed by atoms with Gasteiger partial charge in [-0.2, -0.15) is 0 Å². The van der Waals surface area contributed by atoms with Crippen LogP contribution in [0.2, 0.25) is 5.15 Å². The van der Waals surface area contributed by atoms with E-state index in [4.69, 9.17) is 11.6 Å². The van der Waals surface area contributed by atoms with Crippen LogP contribution in [0.25, 0.3) is 0 Å². The standard InChI is InChI=1S/C11H11ClN4S/c1-17-11-15-9(12)5-10(16-11)14-7-8-3-2-4-13-6-8/h2-6H,7H2,1H3,(H,14,15,16). The Kier molecular flexibility index (Phi) is 4.17. The predicted molar refractivity (Wildman–Crippen MR) is 70.4 cm³/mol. The normalized spacial score (nSPS) is 10.2. The lowest BCUT2D eigenvalue weighted by atomic mass is 10.3. The molecule has 0 fully saturated rings. The molecular formula is C11H11ClN4S. The van der Waals surface area contributed by atoms with Crippen LogP contribution in [0.3, 0.4) is 0 Å². The van der Waals surface area contributed by atoms with Crippen LogP contribution < -0.4 is 5.32 Å². The van der Waals surface area contributed by atoms with Gasteiger partial charge in [0.15, 0.2) is 5.16 Å². The molecule has 6 heteroatoms. The molecule has 2 aromatic rings. The minimum absolute atomic E-state index is 0.443. The smallest absolute Gasteiger partial charge is 0.190 e. The van der Waals surface area contributed by atoms with Gasteiger partial charge in [-0.25, -0.2) is 9.97 Å². The Hall–Kier alpha value is -1.33. The van der Waals surface area contributed by atoms with Crippen LogP contribution in [-0.4, -0.2) is 21.2 Å². The zero-order valence-corrected chi connectivity index (χ0v) is 10.8. The lowest BCUT2D eigenvalue weighted by Gasteiger charge is -2.06. The van der Waals surface area contributed by atoms with Crippen molar-refractivity contribution < 1.29 is 0 Å². The minimum Gasteiger partial charge on any atom is -0.366 e. The van der Waals surface area contributed by atoms with Crippen molar-refractivity contribution in [1.29, 1.82) is 0 Å². The maximum Gasteiger partial charge on any atom is 0.190 e. The van der Waals surface area contributed by atoms with Crippen LogP contribution in [-0.2, 0) is 6.54 Å². The lowest BCUT2D eigenvalue weighted by molar-refractivity contribution is 0.955. The van der Waals surface area contributed by atoms with Gasteiger partial charge in [0, 0.05) is 25.0 Å². The molecule has 1 N–H and O–H groups in total. The molecule has 0 aliphatic rings. The van der Waals surface area contributed by atoms with Crippen molar-refractivity contribution in [3.8, 4) is 0 Å². The highest BCUT2D eigenvalue weighted by Gasteiger charge is 2.02. The third-order valence-electron chi connectivity index (χ3n) is 2.05. The molecular weight excluding hydrogens is 256 g/mol. The first-order chi connectivity index (χ1) is 8.28. The van der Waals surface area contributed by atoms with E-state index in [1.165, 1.54) is 11.8 Å². The van der Waals surface area contributed by atoms with Crippen molar-refractivity contribution in [2.45, 2.75) is 11.7 Å². The summed E-state index contributed by atoms with van der Waals surface area (Å²) in [7, 11) is 0. The van der Waals surface area contributed by atoms with E-state index in [1.807, 2.05) is 24.6 Å². The van der Waals surface area contributed by atoms with Crippen molar-refractivity contribution in [1.82, 2.24) is 15.0 Å². The Bertz CT molecular complexity index is 492. The summed E-state index contributed by atoms with van der Waals surface area (Å²) < 4.78 is 0. The molecule has 0 amide bonds. The highest BCUT2D eigenvalue weighted by Crippen LogP contribution is 2.17. The van der Waals surface area contributed by atoms with Gasteiger partial charge in [0.25, 0.3) is 0 Å². The van der Waals surface area contributed by atoms with Crippen molar-refractivity contribution >= 4 is 29.2 Å². The van der Waals surface area contributed by atoms with E-state index >= 15 is 0 Å². The summed E-state index contributed by atoms with van der Waals surface area (Å²) in [6, 6.07) is 5.60. The Balaban J connectivity index is 2.06. The fraction of sp³-hybridized carbons (Fsp3) is 0.182. The average molecular weight is 267 g/mol. The van der Waals surface area contributed by atoms with Gasteiger partial charge in [0.2, 0.25) is 0 Å². The van der Waals surface area contributed by atoms with Gasteiger partial charge < -0.3 is 5.32 Å². The van der Waals surface area contributed by atoms with Crippen molar-refractivity contribution in [2.24, 2.45) is 0 Å². The van der Waals surface area contributed by atoms with E-state index in [1.54, 1.807) is 12.3 Å². The van der Waals surface area contributed by atoms with Crippen molar-refractivity contribution in [2.75, 3.05) is 11.6 Å². The summed E-state index contributed by atoms with van der Waals surface area (Å²) in [4.78, 5) is 12.4. The van der Waals surface area contributed by atoms with Crippen LogP contribution >= 0.6 is 23.4 Å². The molecule has 0 bridgehead atoms. The SMILES string of the molecule is CSc1nc(Cl)cc(NCc2cccnc2)n1. The van der Waals surface area contributed by atoms with Gasteiger partial charge in [-0.05, 0) is 17.9 Å². The zero-order chi connectivity index (χ0) is 12.1. The Morgan fingerprint density at radius 1 is 1.41 bits per heavy atom. The first-order valence-electron chi connectivity index (χ1n) is 4.99. The number of pyridine rings is 1. The third kappa shape index (κ3) is 3.57. The summed E-state index contributed by atoms with van der Waals surface area (Å²) in [6.45, 7) is 0.662. The highest BCUT2D eigenvalue weighted by molar-refractivity contribution is 7.98. The molecule has 0 aliphatic carbocycles. The number of rotatable bonds is 4. The average Bonchev–Trinajstić information content (AvgIpc) is 2.37. The molecule has 0 aromatic carbocycles. The molecule has 0 saturated heterocycles. The number of hydrogen-bond acceptors (Lipinski definition) is 5. The fourth-order valence-electron chi connectivity index (χ4n) is 1.27. The number of anilines is 1. The van der Waals surface area contributed by atoms with Gasteiger partial charge in [-0.1, -0.05) is 29.4 Å². The summed E-state index contributed by atoms with van der Waals surface area (Å²) >= 11 is 7.35.